The molecule has 1 aromatic heterocycles. The van der Waals surface area contributed by atoms with Crippen molar-refractivity contribution in [3.05, 3.63) is 54.0 Å². The van der Waals surface area contributed by atoms with E-state index in [1.165, 1.54) is 5.70 Å². The number of pyridine rings is 1. The first-order valence-corrected chi connectivity index (χ1v) is 8.26. The van der Waals surface area contributed by atoms with E-state index >= 15 is 0 Å². The van der Waals surface area contributed by atoms with E-state index < -0.39 is 0 Å². The van der Waals surface area contributed by atoms with Crippen molar-refractivity contribution < 1.29 is 4.74 Å². The van der Waals surface area contributed by atoms with Crippen molar-refractivity contribution in [1.82, 2.24) is 20.1 Å². The van der Waals surface area contributed by atoms with Gasteiger partial charge >= 0.3 is 0 Å². The summed E-state index contributed by atoms with van der Waals surface area (Å²) in [4.78, 5) is 13.8. The molecular weight excluding hydrogens is 302 g/mol. The Balaban J connectivity index is 1.53. The third-order valence-electron chi connectivity index (χ3n) is 4.38. The van der Waals surface area contributed by atoms with Gasteiger partial charge in [0.1, 0.15) is 5.84 Å². The maximum Gasteiger partial charge on any atom is 0.213 e. The molecule has 3 aliphatic heterocycles. The molecule has 0 radical (unpaired) electrons. The molecule has 1 aromatic rings. The molecule has 24 heavy (non-hydrogen) atoms. The van der Waals surface area contributed by atoms with Gasteiger partial charge in [0.05, 0.1) is 24.2 Å². The fraction of sp³-hybridized carbons (Fsp3) is 0.333. The number of nitrogens with one attached hydrogen (secondary N) is 1. The second-order valence-corrected chi connectivity index (χ2v) is 5.90. The number of hydrogen-bond donors (Lipinski definition) is 1. The van der Waals surface area contributed by atoms with E-state index in [2.05, 4.69) is 44.5 Å². The summed E-state index contributed by atoms with van der Waals surface area (Å²) >= 11 is 0. The number of rotatable bonds is 3. The van der Waals surface area contributed by atoms with E-state index in [9.17, 15) is 0 Å². The van der Waals surface area contributed by atoms with Gasteiger partial charge < -0.3 is 19.9 Å². The number of aromatic nitrogens is 1. The highest BCUT2D eigenvalue weighted by atomic mass is 16.5. The molecule has 1 saturated heterocycles. The van der Waals surface area contributed by atoms with E-state index in [1.54, 1.807) is 7.11 Å². The Morgan fingerprint density at radius 2 is 2.04 bits per heavy atom. The van der Waals surface area contributed by atoms with Crippen molar-refractivity contribution in [1.29, 1.82) is 0 Å². The fourth-order valence-corrected chi connectivity index (χ4v) is 3.07. The minimum atomic E-state index is 0.608. The number of fused-ring (bicyclic) bond motifs is 1. The van der Waals surface area contributed by atoms with Crippen LogP contribution in [0.25, 0.3) is 5.70 Å². The van der Waals surface area contributed by atoms with Gasteiger partial charge in [-0.1, -0.05) is 6.07 Å². The zero-order chi connectivity index (χ0) is 16.4. The predicted molar refractivity (Wildman–Crippen MR) is 94.6 cm³/mol. The third kappa shape index (κ3) is 2.92. The first-order chi connectivity index (χ1) is 11.8. The van der Waals surface area contributed by atoms with Gasteiger partial charge in [0.2, 0.25) is 5.88 Å². The van der Waals surface area contributed by atoms with Gasteiger partial charge in [-0.3, -0.25) is 0 Å². The fourth-order valence-electron chi connectivity index (χ4n) is 3.07. The van der Waals surface area contributed by atoms with Crippen LogP contribution in [0.2, 0.25) is 0 Å². The van der Waals surface area contributed by atoms with Gasteiger partial charge in [0.25, 0.3) is 0 Å². The van der Waals surface area contributed by atoms with E-state index in [0.29, 0.717) is 5.88 Å². The van der Waals surface area contributed by atoms with Gasteiger partial charge in [0, 0.05) is 45.0 Å². The number of piperazine rings is 1. The summed E-state index contributed by atoms with van der Waals surface area (Å²) in [6.07, 6.45) is 8.54. The smallest absolute Gasteiger partial charge is 0.213 e. The Morgan fingerprint density at radius 3 is 2.88 bits per heavy atom. The Morgan fingerprint density at radius 1 is 1.17 bits per heavy atom. The molecule has 1 N–H and O–H groups in total. The molecule has 3 aliphatic rings. The number of hydrogen-bond acceptors (Lipinski definition) is 6. The van der Waals surface area contributed by atoms with Crippen LogP contribution in [-0.2, 0) is 0 Å². The van der Waals surface area contributed by atoms with Crippen molar-refractivity contribution >= 4 is 11.5 Å². The molecule has 0 amide bonds. The quantitative estimate of drug-likeness (QED) is 0.913. The monoisotopic (exact) mass is 323 g/mol. The summed E-state index contributed by atoms with van der Waals surface area (Å²) < 4.78 is 5.20. The molecule has 4 heterocycles. The molecule has 124 valence electrons. The van der Waals surface area contributed by atoms with Crippen molar-refractivity contribution in [2.45, 2.75) is 0 Å². The number of allylic oxidation sites excluding steroid dienone is 1. The van der Waals surface area contributed by atoms with Crippen LogP contribution in [0.15, 0.2) is 53.3 Å². The first-order valence-electron chi connectivity index (χ1n) is 8.26. The number of amidine groups is 1. The van der Waals surface area contributed by atoms with E-state index in [0.717, 1.165) is 50.0 Å². The topological polar surface area (TPSA) is 53.0 Å². The number of ether oxygens (including phenoxy) is 1. The van der Waals surface area contributed by atoms with E-state index in [4.69, 9.17) is 9.73 Å². The molecule has 6 nitrogen and oxygen atoms in total. The highest BCUT2D eigenvalue weighted by Gasteiger charge is 2.20. The lowest BCUT2D eigenvalue weighted by Gasteiger charge is -2.34. The van der Waals surface area contributed by atoms with Crippen molar-refractivity contribution in [2.24, 2.45) is 4.99 Å². The highest BCUT2D eigenvalue weighted by molar-refractivity contribution is 5.99. The Bertz CT molecular complexity index is 744. The number of methoxy groups -OCH3 is 1. The zero-order valence-corrected chi connectivity index (χ0v) is 13.8. The molecule has 0 saturated carbocycles. The molecule has 0 spiro atoms. The Kier molecular flexibility index (Phi) is 4.04. The van der Waals surface area contributed by atoms with E-state index in [1.807, 2.05) is 18.2 Å². The van der Waals surface area contributed by atoms with Crippen LogP contribution in [0.3, 0.4) is 0 Å². The van der Waals surface area contributed by atoms with Crippen LogP contribution in [0, 0.1) is 0 Å². The lowest BCUT2D eigenvalue weighted by Crippen LogP contribution is -2.44. The van der Waals surface area contributed by atoms with Crippen LogP contribution >= 0.6 is 0 Å². The van der Waals surface area contributed by atoms with Crippen LogP contribution in [0.4, 0.5) is 0 Å². The van der Waals surface area contributed by atoms with Crippen LogP contribution in [0.5, 0.6) is 5.88 Å². The Labute approximate surface area is 141 Å². The molecule has 0 atom stereocenters. The molecule has 0 bridgehead atoms. The zero-order valence-electron chi connectivity index (χ0n) is 13.8. The molecule has 4 rings (SSSR count). The summed E-state index contributed by atoms with van der Waals surface area (Å²) in [5, 5.41) is 3.39. The molecule has 0 unspecified atom stereocenters. The van der Waals surface area contributed by atoms with E-state index in [-0.39, 0.29) is 0 Å². The molecule has 1 fully saturated rings. The minimum Gasteiger partial charge on any atom is -0.481 e. The summed E-state index contributed by atoms with van der Waals surface area (Å²) in [5.41, 5.74) is 2.99. The largest absolute Gasteiger partial charge is 0.481 e. The van der Waals surface area contributed by atoms with Gasteiger partial charge in [0.15, 0.2) is 0 Å². The summed E-state index contributed by atoms with van der Waals surface area (Å²) in [6, 6.07) is 5.74. The maximum absolute atomic E-state index is 5.20. The predicted octanol–water partition coefficient (Wildman–Crippen LogP) is 1.46. The summed E-state index contributed by atoms with van der Waals surface area (Å²) in [7, 11) is 1.63. The highest BCUT2D eigenvalue weighted by Crippen LogP contribution is 2.24. The third-order valence-corrected chi connectivity index (χ3v) is 4.38. The van der Waals surface area contributed by atoms with Gasteiger partial charge in [-0.05, 0) is 24.3 Å². The van der Waals surface area contributed by atoms with Crippen molar-refractivity contribution in [3.63, 3.8) is 0 Å². The minimum absolute atomic E-state index is 0.608. The van der Waals surface area contributed by atoms with Crippen molar-refractivity contribution in [2.75, 3.05) is 39.8 Å². The molecule has 0 aromatic carbocycles. The van der Waals surface area contributed by atoms with Gasteiger partial charge in [-0.25, -0.2) is 9.98 Å². The average Bonchev–Trinajstić information content (AvgIpc) is 2.68. The van der Waals surface area contributed by atoms with Crippen LogP contribution < -0.4 is 10.1 Å². The van der Waals surface area contributed by atoms with Gasteiger partial charge in [-0.2, -0.15) is 0 Å². The van der Waals surface area contributed by atoms with Gasteiger partial charge in [-0.15, -0.1) is 0 Å². The Hall–Kier alpha value is -2.60. The lowest BCUT2D eigenvalue weighted by molar-refractivity contribution is 0.302. The molecule has 0 aliphatic carbocycles. The second-order valence-electron chi connectivity index (χ2n) is 5.90. The standard InChI is InChI=1S/C18H21N5O/c1-24-18-4-2-3-15(21-18)16-7-10-23-13-14(5-6-17(23)20-16)22-11-8-19-9-12-22/h2-7,13,19H,8-12H2,1H3. The van der Waals surface area contributed by atoms with Crippen molar-refractivity contribution in [3.8, 4) is 5.88 Å². The number of nitrogens with zero attached hydrogens (tertiary/aromatic N) is 4. The lowest BCUT2D eigenvalue weighted by atomic mass is 10.2. The second kappa shape index (κ2) is 6.49. The molecular formula is C18H21N5O. The number of aliphatic imine (C=N–C) groups is 1. The molecule has 6 heteroatoms. The van der Waals surface area contributed by atoms with Crippen LogP contribution in [0.1, 0.15) is 5.69 Å². The van der Waals surface area contributed by atoms with Crippen LogP contribution in [-0.4, -0.2) is 60.5 Å². The summed E-state index contributed by atoms with van der Waals surface area (Å²) in [6.45, 7) is 4.97. The normalized spacial score (nSPS) is 20.1. The average molecular weight is 323 g/mol. The summed E-state index contributed by atoms with van der Waals surface area (Å²) in [5.74, 6) is 1.56. The first kappa shape index (κ1) is 15.0. The maximum atomic E-state index is 5.20. The SMILES string of the molecule is COc1cccc(C2=CCN3C=C(N4CCNCC4)C=CC3=N2)n1.